The summed E-state index contributed by atoms with van der Waals surface area (Å²) in [6.07, 6.45) is 8.88. The molecule has 2 bridgehead atoms. The van der Waals surface area contributed by atoms with Crippen LogP contribution in [0.4, 0.5) is 5.82 Å². The number of aromatic amines is 1. The zero-order chi connectivity index (χ0) is 25.8. The van der Waals surface area contributed by atoms with Crippen LogP contribution in [-0.2, 0) is 0 Å². The Labute approximate surface area is 209 Å². The van der Waals surface area contributed by atoms with E-state index in [1.165, 1.54) is 30.2 Å². The van der Waals surface area contributed by atoms with E-state index in [0.29, 0.717) is 40.9 Å². The third kappa shape index (κ3) is 3.59. The van der Waals surface area contributed by atoms with Crippen LogP contribution in [0.25, 0.3) is 16.8 Å². The van der Waals surface area contributed by atoms with E-state index in [-0.39, 0.29) is 47.2 Å². The Hall–Kier alpha value is -4.75. The first-order valence-corrected chi connectivity index (χ1v) is 11.8. The van der Waals surface area contributed by atoms with Crippen LogP contribution in [0.3, 0.4) is 0 Å². The lowest BCUT2D eigenvalue weighted by molar-refractivity contribution is 0.0556. The van der Waals surface area contributed by atoms with E-state index in [1.54, 1.807) is 6.20 Å². The number of fused-ring (bicyclic) bond motifs is 3. The van der Waals surface area contributed by atoms with Gasteiger partial charge in [-0.3, -0.25) is 14.4 Å². The van der Waals surface area contributed by atoms with Gasteiger partial charge < -0.3 is 21.4 Å². The molecule has 2 saturated heterocycles. The number of primary amides is 1. The van der Waals surface area contributed by atoms with Gasteiger partial charge in [-0.1, -0.05) is 0 Å². The van der Waals surface area contributed by atoms with Gasteiger partial charge in [0, 0.05) is 41.5 Å². The molecule has 37 heavy (non-hydrogen) atoms. The number of aromatic nitrogens is 8. The van der Waals surface area contributed by atoms with E-state index in [9.17, 15) is 14.4 Å². The number of carbonyl (C=O) groups is 3. The molecule has 6 heterocycles. The number of anilines is 1. The monoisotopic (exact) mass is 501 g/mol. The van der Waals surface area contributed by atoms with Crippen molar-refractivity contribution in [3.8, 4) is 11.1 Å². The van der Waals surface area contributed by atoms with Crippen LogP contribution in [0.15, 0.2) is 24.9 Å². The Balaban J connectivity index is 1.40. The first kappa shape index (κ1) is 22.7. The Morgan fingerprint density at radius 2 is 1.78 bits per heavy atom. The molecule has 6 rings (SSSR count). The summed E-state index contributed by atoms with van der Waals surface area (Å²) >= 11 is 0. The lowest BCUT2D eigenvalue weighted by Crippen LogP contribution is -2.46. The highest BCUT2D eigenvalue weighted by molar-refractivity contribution is 6.00. The molecule has 3 atom stereocenters. The number of nitrogens with one attached hydrogen (secondary N) is 1. The molecule has 0 spiro atoms. The van der Waals surface area contributed by atoms with Crippen LogP contribution in [0.1, 0.15) is 75.8 Å². The number of nitrogens with two attached hydrogens (primary N) is 2. The molecule has 14 nitrogen and oxygen atoms in total. The van der Waals surface area contributed by atoms with Gasteiger partial charge in [0.25, 0.3) is 11.8 Å². The smallest absolute Gasteiger partial charge is 0.292 e. The average molecular weight is 502 g/mol. The quantitative estimate of drug-likeness (QED) is 0.327. The molecule has 4 aromatic heterocycles. The highest BCUT2D eigenvalue weighted by Crippen LogP contribution is 2.45. The Bertz CT molecular complexity index is 1530. The number of hydrogen-bond donors (Lipinski definition) is 3. The Kier molecular flexibility index (Phi) is 5.17. The fourth-order valence-corrected chi connectivity index (χ4v) is 5.65. The van der Waals surface area contributed by atoms with Crippen LogP contribution in [0.2, 0.25) is 0 Å². The number of ketones is 1. The van der Waals surface area contributed by atoms with Gasteiger partial charge in [0.1, 0.15) is 12.1 Å². The normalized spacial score (nSPS) is 20.9. The topological polar surface area (TPSA) is 204 Å². The minimum atomic E-state index is -0.732. The van der Waals surface area contributed by atoms with Crippen LogP contribution in [-0.4, -0.2) is 74.3 Å². The highest BCUT2D eigenvalue weighted by atomic mass is 16.2. The van der Waals surface area contributed by atoms with Crippen LogP contribution < -0.4 is 11.5 Å². The lowest BCUT2D eigenvalue weighted by Gasteiger charge is -2.38. The fourth-order valence-electron chi connectivity index (χ4n) is 5.65. The number of carbonyl (C=O) groups excluding carboxylic acids is 3. The maximum atomic E-state index is 13.1. The maximum absolute atomic E-state index is 13.1. The molecule has 0 saturated carbocycles. The molecule has 0 unspecified atom stereocenters. The molecule has 2 fully saturated rings. The molecule has 2 aliphatic heterocycles. The lowest BCUT2D eigenvalue weighted by atomic mass is 9.85. The number of Topliss-reactive ketones (excluding diaryl/α,β-unsaturated/α-hetero) is 1. The summed E-state index contributed by atoms with van der Waals surface area (Å²) in [6, 6.07) is -0.0286. The molecule has 2 aliphatic rings. The van der Waals surface area contributed by atoms with Crippen molar-refractivity contribution in [1.82, 2.24) is 44.6 Å². The molecule has 0 aromatic carbocycles. The molecular formula is C23H23N11O3. The molecule has 2 amide bonds. The largest absolute Gasteiger partial charge is 0.383 e. The summed E-state index contributed by atoms with van der Waals surface area (Å²) in [5.74, 6) is -0.882. The number of nitrogens with zero attached hydrogens (tertiary/aromatic N) is 8. The van der Waals surface area contributed by atoms with E-state index < -0.39 is 5.91 Å². The molecule has 0 radical (unpaired) electrons. The van der Waals surface area contributed by atoms with E-state index in [2.05, 4.69) is 30.2 Å². The van der Waals surface area contributed by atoms with Gasteiger partial charge in [-0.25, -0.2) is 15.0 Å². The number of hydrogen-bond acceptors (Lipinski definition) is 10. The average Bonchev–Trinajstić information content (AvgIpc) is 3.62. The van der Waals surface area contributed by atoms with Gasteiger partial charge in [0.2, 0.25) is 11.6 Å². The Morgan fingerprint density at radius 3 is 2.38 bits per heavy atom. The molecule has 5 N–H and O–H groups in total. The van der Waals surface area contributed by atoms with Crippen molar-refractivity contribution in [2.45, 2.75) is 50.6 Å². The summed E-state index contributed by atoms with van der Waals surface area (Å²) in [4.78, 5) is 54.8. The molecule has 4 aromatic rings. The van der Waals surface area contributed by atoms with Crippen LogP contribution in [0, 0.1) is 0 Å². The second-order valence-corrected chi connectivity index (χ2v) is 9.37. The summed E-state index contributed by atoms with van der Waals surface area (Å²) in [6.45, 7) is 1.46. The predicted octanol–water partition coefficient (Wildman–Crippen LogP) is 0.739. The van der Waals surface area contributed by atoms with Gasteiger partial charge >= 0.3 is 0 Å². The first-order chi connectivity index (χ1) is 17.8. The summed E-state index contributed by atoms with van der Waals surface area (Å²) < 4.78 is 1.43. The zero-order valence-electron chi connectivity index (χ0n) is 19.8. The minimum absolute atomic E-state index is 0.0143. The van der Waals surface area contributed by atoms with Crippen molar-refractivity contribution in [2.75, 3.05) is 5.73 Å². The van der Waals surface area contributed by atoms with Crippen LogP contribution >= 0.6 is 0 Å². The second-order valence-electron chi connectivity index (χ2n) is 9.37. The van der Waals surface area contributed by atoms with E-state index in [1.807, 2.05) is 4.90 Å². The van der Waals surface area contributed by atoms with Crippen molar-refractivity contribution < 1.29 is 14.4 Å². The zero-order valence-corrected chi connectivity index (χ0v) is 19.8. The number of rotatable bonds is 5. The van der Waals surface area contributed by atoms with Crippen LogP contribution in [0.5, 0.6) is 0 Å². The van der Waals surface area contributed by atoms with Crippen molar-refractivity contribution in [3.05, 3.63) is 47.8 Å². The predicted molar refractivity (Wildman–Crippen MR) is 128 cm³/mol. The highest BCUT2D eigenvalue weighted by Gasteiger charge is 2.45. The molecule has 14 heteroatoms. The standard InChI is InChI=1S/C23H23N11O3/c1-10(35)16-17(11-4-13-2-3-14(5-11)33(13)23(37)21-28-9-29-32-21)31-22-15(8-30-34(22)18(16)24)12-6-26-20(19(25)36)27-7-12/h6-9,11,13-14H,2-5,24H2,1H3,(H2,25,36)(H,28,29,32)/t11-,13+,14-. The molecule has 0 aliphatic carbocycles. The number of nitrogen functional groups attached to an aromatic ring is 1. The molecular weight excluding hydrogens is 478 g/mol. The van der Waals surface area contributed by atoms with Gasteiger partial charge in [-0.05, 0) is 32.6 Å². The van der Waals surface area contributed by atoms with Crippen molar-refractivity contribution in [3.63, 3.8) is 0 Å². The number of H-pyrrole nitrogens is 1. The second kappa shape index (κ2) is 8.43. The summed E-state index contributed by atoms with van der Waals surface area (Å²) in [5.41, 5.74) is 14.3. The van der Waals surface area contributed by atoms with Gasteiger partial charge in [-0.15, -0.1) is 10.2 Å². The van der Waals surface area contributed by atoms with Gasteiger partial charge in [-0.2, -0.15) is 9.61 Å². The Morgan fingerprint density at radius 1 is 1.08 bits per heavy atom. The molecule has 188 valence electrons. The van der Waals surface area contributed by atoms with Crippen molar-refractivity contribution >= 4 is 29.1 Å². The summed E-state index contributed by atoms with van der Waals surface area (Å²) in [5, 5.41) is 12.0. The van der Waals surface area contributed by atoms with Gasteiger partial charge in [0.05, 0.1) is 17.5 Å². The van der Waals surface area contributed by atoms with Gasteiger partial charge in [0.15, 0.2) is 11.4 Å². The fraction of sp³-hybridized carbons (Fsp3) is 0.348. The van der Waals surface area contributed by atoms with E-state index in [4.69, 9.17) is 16.5 Å². The number of amides is 2. The third-order valence-electron chi connectivity index (χ3n) is 7.22. The maximum Gasteiger partial charge on any atom is 0.292 e. The SMILES string of the molecule is CC(=O)c1c([C@H]2C[C@H]3CC[C@@H](C2)N3C(=O)c2nnc[nH]2)nc2c(-c3cnc(C(N)=O)nc3)cnn2c1N. The first-order valence-electron chi connectivity index (χ1n) is 11.8. The van der Waals surface area contributed by atoms with Crippen molar-refractivity contribution in [1.29, 1.82) is 0 Å². The number of piperidine rings is 1. The minimum Gasteiger partial charge on any atom is -0.383 e. The van der Waals surface area contributed by atoms with E-state index in [0.717, 1.165) is 12.8 Å². The summed E-state index contributed by atoms with van der Waals surface area (Å²) in [7, 11) is 0. The van der Waals surface area contributed by atoms with Crippen molar-refractivity contribution in [2.24, 2.45) is 5.73 Å². The van der Waals surface area contributed by atoms with E-state index >= 15 is 0 Å². The third-order valence-corrected chi connectivity index (χ3v) is 7.22.